The van der Waals surface area contributed by atoms with E-state index in [2.05, 4.69) is 4.99 Å². The number of nitrogens with zero attached hydrogens (tertiary/aromatic N) is 1. The van der Waals surface area contributed by atoms with E-state index in [4.69, 9.17) is 37.9 Å². The maximum Gasteiger partial charge on any atom is 0.303 e. The molecule has 0 aromatic heterocycles. The number of carbonyl (C=O) groups excluding carboxylic acids is 6. The van der Waals surface area contributed by atoms with Crippen LogP contribution in [0.2, 0.25) is 0 Å². The minimum absolute atomic E-state index is 0.258. The number of hydroxylamine groups is 1. The predicted octanol–water partition coefficient (Wildman–Crippen LogP) is -1.25. The van der Waals surface area contributed by atoms with Crippen LogP contribution in [0, 0.1) is 0 Å². The van der Waals surface area contributed by atoms with Crippen molar-refractivity contribution in [2.24, 2.45) is 4.99 Å². The number of nitrogens with one attached hydrogen (secondary N) is 1. The molecule has 2 rings (SSSR count). The van der Waals surface area contributed by atoms with E-state index in [0.29, 0.717) is 0 Å². The Hall–Kier alpha value is -3.83. The zero-order valence-electron chi connectivity index (χ0n) is 23.4. The van der Waals surface area contributed by atoms with Crippen LogP contribution in [0.25, 0.3) is 0 Å². The lowest BCUT2D eigenvalue weighted by Gasteiger charge is -2.41. The maximum absolute atomic E-state index is 11.9. The van der Waals surface area contributed by atoms with E-state index in [1.165, 1.54) is 0 Å². The van der Waals surface area contributed by atoms with Crippen LogP contribution in [0.3, 0.4) is 0 Å². The first-order valence-electron chi connectivity index (χ1n) is 12.4. The third-order valence-electron chi connectivity index (χ3n) is 5.63. The smallest absolute Gasteiger partial charge is 0.303 e. The highest BCUT2D eigenvalue weighted by Gasteiger charge is 2.50. The number of rotatable bonds is 9. The molecule has 2 aliphatic rings. The summed E-state index contributed by atoms with van der Waals surface area (Å²) in [7, 11) is 0. The Morgan fingerprint density at radius 2 is 1.02 bits per heavy atom. The lowest BCUT2D eigenvalue weighted by molar-refractivity contribution is -0.224. The number of esters is 6. The third kappa shape index (κ3) is 9.94. The second-order valence-corrected chi connectivity index (χ2v) is 9.06. The Labute approximate surface area is 234 Å². The highest BCUT2D eigenvalue weighted by molar-refractivity contribution is 5.87. The molecule has 0 unspecified atom stereocenters. The molecule has 2 saturated heterocycles. The number of aliphatic imine (C=N–C) groups is 1. The summed E-state index contributed by atoms with van der Waals surface area (Å²) in [5.74, 6) is -4.84. The summed E-state index contributed by atoms with van der Waals surface area (Å²) in [5.41, 5.74) is 1.85. The van der Waals surface area contributed by atoms with Gasteiger partial charge >= 0.3 is 35.8 Å². The molecule has 17 nitrogen and oxygen atoms in total. The molecule has 8 atom stereocenters. The topological polar surface area (TPSA) is 221 Å². The third-order valence-corrected chi connectivity index (χ3v) is 5.63. The molecule has 2 N–H and O–H groups in total. The van der Waals surface area contributed by atoms with Crippen LogP contribution in [0.5, 0.6) is 0 Å². The lowest BCUT2D eigenvalue weighted by Crippen LogP contribution is -2.61. The second kappa shape index (κ2) is 15.2. The van der Waals surface area contributed by atoms with Crippen LogP contribution in [0.4, 0.5) is 0 Å². The Bertz CT molecular complexity index is 1030. The molecular weight excluding hydrogens is 556 g/mol. The molecule has 0 aromatic carbocycles. The van der Waals surface area contributed by atoms with Gasteiger partial charge in [-0.05, 0) is 0 Å². The Morgan fingerprint density at radius 1 is 0.634 bits per heavy atom. The molecule has 230 valence electrons. The van der Waals surface area contributed by atoms with Gasteiger partial charge in [-0.2, -0.15) is 0 Å². The summed E-state index contributed by atoms with van der Waals surface area (Å²) in [5, 5.41) is 9.92. The molecule has 0 spiro atoms. The zero-order valence-corrected chi connectivity index (χ0v) is 23.4. The summed E-state index contributed by atoms with van der Waals surface area (Å²) >= 11 is 0. The van der Waals surface area contributed by atoms with E-state index in [-0.39, 0.29) is 25.6 Å². The van der Waals surface area contributed by atoms with E-state index in [1.54, 1.807) is 0 Å². The fourth-order valence-corrected chi connectivity index (χ4v) is 4.32. The van der Waals surface area contributed by atoms with Gasteiger partial charge in [-0.1, -0.05) is 0 Å². The fraction of sp³-hybridized carbons (Fsp3) is 0.708. The van der Waals surface area contributed by atoms with Crippen molar-refractivity contribution in [1.82, 2.24) is 5.48 Å². The van der Waals surface area contributed by atoms with Gasteiger partial charge in [0.2, 0.25) is 0 Å². The summed E-state index contributed by atoms with van der Waals surface area (Å²) in [6, 6.07) is 0. The van der Waals surface area contributed by atoms with E-state index in [9.17, 15) is 34.0 Å². The normalized spacial score (nSPS) is 29.8. The average molecular weight is 591 g/mol. The molecule has 0 saturated carbocycles. The molecule has 0 bridgehead atoms. The van der Waals surface area contributed by atoms with Crippen molar-refractivity contribution in [2.45, 2.75) is 90.4 Å². The fourth-order valence-electron chi connectivity index (χ4n) is 4.32. The molecule has 0 aliphatic carbocycles. The van der Waals surface area contributed by atoms with E-state index < -0.39 is 84.6 Å². The zero-order chi connectivity index (χ0) is 30.9. The minimum Gasteiger partial charge on any atom is -0.456 e. The van der Waals surface area contributed by atoms with E-state index in [0.717, 1.165) is 41.5 Å². The van der Waals surface area contributed by atoms with Crippen molar-refractivity contribution < 1.29 is 71.9 Å². The number of amidine groups is 1. The van der Waals surface area contributed by atoms with Crippen LogP contribution in [0.1, 0.15) is 41.5 Å². The van der Waals surface area contributed by atoms with Gasteiger partial charge in [0.1, 0.15) is 6.10 Å². The van der Waals surface area contributed by atoms with Crippen LogP contribution >= 0.6 is 0 Å². The van der Waals surface area contributed by atoms with Crippen LogP contribution in [-0.2, 0) is 66.7 Å². The van der Waals surface area contributed by atoms with Gasteiger partial charge in [0.15, 0.2) is 48.6 Å². The van der Waals surface area contributed by atoms with Gasteiger partial charge in [0.25, 0.3) is 0 Å². The molecule has 41 heavy (non-hydrogen) atoms. The molecule has 2 heterocycles. The number of ether oxygens (including phenoxy) is 8. The van der Waals surface area contributed by atoms with Crippen LogP contribution in [0.15, 0.2) is 4.99 Å². The predicted molar refractivity (Wildman–Crippen MR) is 130 cm³/mol. The van der Waals surface area contributed by atoms with Crippen molar-refractivity contribution in [3.8, 4) is 0 Å². The van der Waals surface area contributed by atoms with Crippen LogP contribution in [-0.4, -0.2) is 115 Å². The van der Waals surface area contributed by atoms with Crippen molar-refractivity contribution in [2.75, 3.05) is 19.8 Å². The Kier molecular flexibility index (Phi) is 12.4. The summed E-state index contributed by atoms with van der Waals surface area (Å²) < 4.78 is 43.0. The highest BCUT2D eigenvalue weighted by atomic mass is 16.7. The van der Waals surface area contributed by atoms with Gasteiger partial charge in [-0.15, -0.1) is 0 Å². The van der Waals surface area contributed by atoms with Gasteiger partial charge in [0, 0.05) is 41.5 Å². The van der Waals surface area contributed by atoms with Crippen molar-refractivity contribution in [3.63, 3.8) is 0 Å². The first-order valence-corrected chi connectivity index (χ1v) is 12.4. The molecule has 2 aliphatic heterocycles. The summed E-state index contributed by atoms with van der Waals surface area (Å²) in [4.78, 5) is 74.8. The standard InChI is InChI=1S/C24H34N2O15/c1-10(27)36-17-8-34-16(19(38-12(3)29)20(17)39-13(4)30)7-25-24(26-33)23-22(41-15(6)32)21(40-14(5)31)18(9-35-23)37-11(2)28/h16-23,33H,7-9H2,1-6H3,(H,25,26)/t16-,17+,18+,19-,20-,21-,22+,23+/m0/s1. The number of hydrogen-bond donors (Lipinski definition) is 2. The Balaban J connectivity index is 2.40. The van der Waals surface area contributed by atoms with Crippen molar-refractivity contribution in [3.05, 3.63) is 0 Å². The minimum atomic E-state index is -1.44. The number of hydrogen-bond acceptors (Lipinski definition) is 16. The van der Waals surface area contributed by atoms with Crippen molar-refractivity contribution in [1.29, 1.82) is 0 Å². The molecule has 0 aromatic rings. The summed E-state index contributed by atoms with van der Waals surface area (Å²) in [6.07, 6.45) is -10.0. The molecule has 0 radical (unpaired) electrons. The van der Waals surface area contributed by atoms with Crippen molar-refractivity contribution >= 4 is 41.7 Å². The Morgan fingerprint density at radius 3 is 1.46 bits per heavy atom. The molecule has 0 amide bonds. The van der Waals surface area contributed by atoms with Gasteiger partial charge in [0.05, 0.1) is 19.8 Å². The monoisotopic (exact) mass is 590 g/mol. The largest absolute Gasteiger partial charge is 0.456 e. The quantitative estimate of drug-likeness (QED) is 0.105. The van der Waals surface area contributed by atoms with Crippen LogP contribution < -0.4 is 5.48 Å². The molecule has 2 fully saturated rings. The SMILES string of the molecule is CC(=O)O[C@@H]1[C@@H](OC(C)=O)[C@H](OC(C)=O)CO[C@H]1CN=C(NO)[C@@H]1OC[C@@H](OC(C)=O)[C@H](OC(C)=O)[C@H]1OC(C)=O. The molecule has 17 heteroatoms. The second-order valence-electron chi connectivity index (χ2n) is 9.06. The number of carbonyl (C=O) groups is 6. The van der Waals surface area contributed by atoms with Gasteiger partial charge < -0.3 is 37.9 Å². The van der Waals surface area contributed by atoms with Gasteiger partial charge in [-0.25, -0.2) is 0 Å². The average Bonchev–Trinajstić information content (AvgIpc) is 2.83. The van der Waals surface area contributed by atoms with Gasteiger partial charge in [-0.3, -0.25) is 44.4 Å². The summed E-state index contributed by atoms with van der Waals surface area (Å²) in [6.45, 7) is 5.70. The van der Waals surface area contributed by atoms with E-state index >= 15 is 0 Å². The maximum atomic E-state index is 11.9. The van der Waals surface area contributed by atoms with E-state index in [1.807, 2.05) is 5.48 Å². The first-order chi connectivity index (χ1) is 19.2. The highest BCUT2D eigenvalue weighted by Crippen LogP contribution is 2.27. The lowest BCUT2D eigenvalue weighted by atomic mass is 9.97. The molecular formula is C24H34N2O15. The first kappa shape index (κ1) is 33.4.